The van der Waals surface area contributed by atoms with Gasteiger partial charge in [-0.15, -0.1) is 13.2 Å². The molecule has 0 N–H and O–H groups in total. The lowest BCUT2D eigenvalue weighted by Crippen LogP contribution is -2.16. The summed E-state index contributed by atoms with van der Waals surface area (Å²) >= 11 is 1.94. The lowest BCUT2D eigenvalue weighted by atomic mass is 10.3. The van der Waals surface area contributed by atoms with E-state index in [-0.39, 0.29) is 5.75 Å². The normalized spacial score (nSPS) is 11.3. The fourth-order valence-electron chi connectivity index (χ4n) is 0.589. The molecule has 0 unspecified atom stereocenters. The molecular weight excluding hydrogens is 284 g/mol. The van der Waals surface area contributed by atoms with Gasteiger partial charge in [0.2, 0.25) is 0 Å². The second-order valence-corrected chi connectivity index (χ2v) is 3.08. The van der Waals surface area contributed by atoms with E-state index in [1.807, 2.05) is 22.6 Å². The smallest absolute Gasteiger partial charge is 0.406 e. The van der Waals surface area contributed by atoms with Crippen molar-refractivity contribution in [3.05, 3.63) is 27.8 Å². The number of benzene rings is 1. The fourth-order valence-corrected chi connectivity index (χ4v) is 0.924. The van der Waals surface area contributed by atoms with E-state index in [0.717, 1.165) is 9.64 Å². The Morgan fingerprint density at radius 2 is 2.00 bits per heavy atom. The molecule has 0 amide bonds. The lowest BCUT2D eigenvalue weighted by molar-refractivity contribution is -0.274. The predicted molar refractivity (Wildman–Crippen MR) is 44.7 cm³/mol. The van der Waals surface area contributed by atoms with Gasteiger partial charge in [0.25, 0.3) is 0 Å². The van der Waals surface area contributed by atoms with Gasteiger partial charge in [0, 0.05) is 3.57 Å². The maximum absolute atomic E-state index is 11.6. The average molecular weight is 287 g/mol. The molecule has 12 heavy (non-hydrogen) atoms. The van der Waals surface area contributed by atoms with Crippen molar-refractivity contribution < 1.29 is 17.9 Å². The van der Waals surface area contributed by atoms with Crippen LogP contribution in [0.2, 0.25) is 0 Å². The van der Waals surface area contributed by atoms with Crippen molar-refractivity contribution in [3.8, 4) is 5.75 Å². The molecule has 0 aliphatic carbocycles. The van der Waals surface area contributed by atoms with E-state index in [4.69, 9.17) is 0 Å². The molecule has 0 aromatic heterocycles. The van der Waals surface area contributed by atoms with Crippen LogP contribution in [0.15, 0.2) is 18.2 Å². The van der Waals surface area contributed by atoms with Crippen LogP contribution in [0.25, 0.3) is 0 Å². The molecule has 0 fully saturated rings. The third kappa shape index (κ3) is 3.29. The zero-order valence-electron chi connectivity index (χ0n) is 5.65. The number of hydrogen-bond acceptors (Lipinski definition) is 1. The van der Waals surface area contributed by atoms with Gasteiger partial charge in [-0.3, -0.25) is 0 Å². The van der Waals surface area contributed by atoms with E-state index in [1.54, 1.807) is 0 Å². The average Bonchev–Trinajstić information content (AvgIpc) is 1.91. The van der Waals surface area contributed by atoms with Gasteiger partial charge in [-0.25, -0.2) is 0 Å². The zero-order valence-corrected chi connectivity index (χ0v) is 7.81. The molecular formula is C7H3F3IO. The van der Waals surface area contributed by atoms with Gasteiger partial charge in [0.05, 0.1) is 0 Å². The first-order valence-electron chi connectivity index (χ1n) is 2.90. The molecule has 0 atom stereocenters. The van der Waals surface area contributed by atoms with E-state index in [0.29, 0.717) is 0 Å². The second-order valence-electron chi connectivity index (χ2n) is 1.92. The Kier molecular flexibility index (Phi) is 2.81. The molecule has 0 aliphatic heterocycles. The van der Waals surface area contributed by atoms with Crippen LogP contribution in [0.4, 0.5) is 13.2 Å². The summed E-state index contributed by atoms with van der Waals surface area (Å²) in [5, 5.41) is 0. The van der Waals surface area contributed by atoms with Crippen LogP contribution in [-0.2, 0) is 0 Å². The number of rotatable bonds is 1. The van der Waals surface area contributed by atoms with Gasteiger partial charge in [-0.2, -0.15) is 0 Å². The van der Waals surface area contributed by atoms with Crippen molar-refractivity contribution in [3.63, 3.8) is 0 Å². The molecule has 1 aromatic rings. The van der Waals surface area contributed by atoms with Crippen LogP contribution >= 0.6 is 22.6 Å². The van der Waals surface area contributed by atoms with Gasteiger partial charge in [-0.1, -0.05) is 0 Å². The summed E-state index contributed by atoms with van der Waals surface area (Å²) in [7, 11) is 0. The summed E-state index contributed by atoms with van der Waals surface area (Å²) in [4.78, 5) is 0. The van der Waals surface area contributed by atoms with E-state index >= 15 is 0 Å². The van der Waals surface area contributed by atoms with Crippen LogP contribution in [0.3, 0.4) is 0 Å². The minimum atomic E-state index is -4.62. The summed E-state index contributed by atoms with van der Waals surface area (Å²) in [5.74, 6) is -0.247. The third-order valence-electron chi connectivity index (χ3n) is 0.980. The molecule has 0 saturated heterocycles. The highest BCUT2D eigenvalue weighted by molar-refractivity contribution is 14.1. The van der Waals surface area contributed by atoms with Crippen molar-refractivity contribution in [2.75, 3.05) is 0 Å². The van der Waals surface area contributed by atoms with Crippen molar-refractivity contribution in [2.45, 2.75) is 6.36 Å². The monoisotopic (exact) mass is 287 g/mol. The topological polar surface area (TPSA) is 9.23 Å². The lowest BCUT2D eigenvalue weighted by Gasteiger charge is -2.07. The molecule has 1 aromatic carbocycles. The van der Waals surface area contributed by atoms with Crippen LogP contribution in [0.1, 0.15) is 0 Å². The second kappa shape index (κ2) is 3.51. The molecule has 65 valence electrons. The van der Waals surface area contributed by atoms with Gasteiger partial charge in [0.15, 0.2) is 0 Å². The van der Waals surface area contributed by atoms with Gasteiger partial charge in [0.1, 0.15) is 5.75 Å². The Balaban J connectivity index is 2.71. The van der Waals surface area contributed by atoms with E-state index in [9.17, 15) is 13.2 Å². The molecule has 0 heterocycles. The Morgan fingerprint density at radius 1 is 1.33 bits per heavy atom. The van der Waals surface area contributed by atoms with E-state index < -0.39 is 6.36 Å². The zero-order chi connectivity index (χ0) is 9.19. The number of hydrogen-bond donors (Lipinski definition) is 0. The van der Waals surface area contributed by atoms with Gasteiger partial charge in [-0.05, 0) is 46.9 Å². The predicted octanol–water partition coefficient (Wildman–Crippen LogP) is 2.99. The number of alkyl halides is 3. The van der Waals surface area contributed by atoms with Crippen molar-refractivity contribution in [1.82, 2.24) is 0 Å². The molecule has 0 aliphatic rings. The molecule has 1 rings (SSSR count). The minimum Gasteiger partial charge on any atom is -0.406 e. The Morgan fingerprint density at radius 3 is 2.42 bits per heavy atom. The van der Waals surface area contributed by atoms with Gasteiger partial charge >= 0.3 is 6.36 Å². The van der Waals surface area contributed by atoms with Crippen LogP contribution < -0.4 is 4.74 Å². The summed E-state index contributed by atoms with van der Waals surface area (Å²) in [6.45, 7) is 0. The Bertz CT molecular complexity index is 254. The maximum atomic E-state index is 11.6. The standard InChI is InChI=1S/C7H3F3IO/c8-7(9,10)12-6-3-1-5(11)2-4-6/h1,3-4H. The molecule has 1 radical (unpaired) electrons. The molecule has 0 spiro atoms. The Hall–Kier alpha value is -0.460. The first kappa shape index (κ1) is 9.63. The molecule has 1 nitrogen and oxygen atoms in total. The van der Waals surface area contributed by atoms with Crippen LogP contribution in [0, 0.1) is 9.64 Å². The summed E-state index contributed by atoms with van der Waals surface area (Å²) in [6, 6.07) is 6.46. The third-order valence-corrected chi connectivity index (χ3v) is 1.65. The quantitative estimate of drug-likeness (QED) is 0.721. The first-order valence-corrected chi connectivity index (χ1v) is 3.98. The molecule has 0 bridgehead atoms. The Labute approximate surface area is 80.7 Å². The maximum Gasteiger partial charge on any atom is 0.573 e. The highest BCUT2D eigenvalue weighted by atomic mass is 127. The largest absolute Gasteiger partial charge is 0.573 e. The molecule has 5 heteroatoms. The summed E-state index contributed by atoms with van der Waals surface area (Å²) in [5.41, 5.74) is 0. The van der Waals surface area contributed by atoms with Crippen LogP contribution in [-0.4, -0.2) is 6.36 Å². The highest BCUT2D eigenvalue weighted by Crippen LogP contribution is 2.22. The summed E-state index contributed by atoms with van der Waals surface area (Å²) in [6.07, 6.45) is -4.62. The first-order chi connectivity index (χ1) is 5.47. The number of halogens is 4. The SMILES string of the molecule is FC(F)(F)Oc1c[c]c(I)cc1. The fraction of sp³-hybridized carbons (Fsp3) is 0.143. The molecule has 0 saturated carbocycles. The minimum absolute atomic E-state index is 0.247. The van der Waals surface area contributed by atoms with Gasteiger partial charge < -0.3 is 4.74 Å². The van der Waals surface area contributed by atoms with Crippen molar-refractivity contribution >= 4 is 22.6 Å². The van der Waals surface area contributed by atoms with Crippen LogP contribution in [0.5, 0.6) is 5.75 Å². The van der Waals surface area contributed by atoms with Crippen molar-refractivity contribution in [2.24, 2.45) is 0 Å². The van der Waals surface area contributed by atoms with Crippen molar-refractivity contribution in [1.29, 1.82) is 0 Å². The number of ether oxygens (including phenoxy) is 1. The summed E-state index contributed by atoms with van der Waals surface area (Å²) < 4.78 is 39.2. The van der Waals surface area contributed by atoms with E-state index in [2.05, 4.69) is 10.8 Å². The van der Waals surface area contributed by atoms with E-state index in [1.165, 1.54) is 12.1 Å². The highest BCUT2D eigenvalue weighted by Gasteiger charge is 2.30.